The minimum atomic E-state index is -0.902. The van der Waals surface area contributed by atoms with Gasteiger partial charge in [0.05, 0.1) is 0 Å². The molecule has 0 saturated heterocycles. The van der Waals surface area contributed by atoms with Gasteiger partial charge in [0, 0.05) is 5.97 Å². The van der Waals surface area contributed by atoms with Gasteiger partial charge in [0.2, 0.25) is 0 Å². The van der Waals surface area contributed by atoms with Gasteiger partial charge in [-0.2, -0.15) is 0 Å². The summed E-state index contributed by atoms with van der Waals surface area (Å²) in [6.07, 6.45) is 28.1. The van der Waals surface area contributed by atoms with Crippen LogP contribution >= 0.6 is 0 Å². The minimum absolute atomic E-state index is 0. The van der Waals surface area contributed by atoms with Crippen LogP contribution in [0.25, 0.3) is 0 Å². The van der Waals surface area contributed by atoms with E-state index in [1.807, 2.05) is 0 Å². The summed E-state index contributed by atoms with van der Waals surface area (Å²) < 4.78 is 0. The quantitative estimate of drug-likeness (QED) is 0.139. The predicted molar refractivity (Wildman–Crippen MR) is 134 cm³/mol. The average molecular weight is 462 g/mol. The number of hydrogen-bond acceptors (Lipinski definition) is 3. The van der Waals surface area contributed by atoms with Crippen molar-refractivity contribution < 1.29 is 39.5 Å². The average Bonchev–Trinajstić information content (AvgIpc) is 2.75. The van der Waals surface area contributed by atoms with E-state index >= 15 is 0 Å². The van der Waals surface area contributed by atoms with Crippen LogP contribution in [0.5, 0.6) is 0 Å². The van der Waals surface area contributed by atoms with Crippen molar-refractivity contribution in [2.24, 2.45) is 0 Å². The van der Waals surface area contributed by atoms with E-state index in [9.17, 15) is 9.90 Å². The van der Waals surface area contributed by atoms with E-state index in [1.54, 1.807) is 0 Å². The Balaban J connectivity index is 0. The third kappa shape index (κ3) is 28.5. The molecule has 0 aliphatic heterocycles. The van der Waals surface area contributed by atoms with Crippen LogP contribution < -0.4 is 34.7 Å². The summed E-state index contributed by atoms with van der Waals surface area (Å²) in [5.41, 5.74) is 0. The summed E-state index contributed by atoms with van der Waals surface area (Å²) in [4.78, 5) is 13.2. The van der Waals surface area contributed by atoms with Crippen molar-refractivity contribution >= 4 is 5.97 Å². The van der Waals surface area contributed by atoms with Crippen molar-refractivity contribution in [1.82, 2.24) is 4.90 Å². The molecule has 0 aromatic rings. The molecule has 0 rings (SSSR count). The Hall–Kier alpha value is 0.430. The van der Waals surface area contributed by atoms with Gasteiger partial charge in [-0.25, -0.2) is 0 Å². The Morgan fingerprint density at radius 1 is 0.500 bits per heavy atom. The molecule has 0 atom stereocenters. The molecule has 0 bridgehead atoms. The first-order valence-electron chi connectivity index (χ1n) is 14.1. The number of rotatable bonds is 26. The predicted octanol–water partition coefficient (Wildman–Crippen LogP) is 4.66. The first-order valence-corrected chi connectivity index (χ1v) is 14.1. The number of carbonyl (C=O) groups is 1. The van der Waals surface area contributed by atoms with Crippen LogP contribution in [-0.4, -0.2) is 30.5 Å². The fraction of sp³-hybridized carbons (Fsp3) is 0.964. The van der Waals surface area contributed by atoms with Crippen molar-refractivity contribution in [2.75, 3.05) is 19.6 Å². The van der Waals surface area contributed by atoms with Gasteiger partial charge in [0.15, 0.2) is 0 Å². The second-order valence-electron chi connectivity index (χ2n) is 9.68. The van der Waals surface area contributed by atoms with Gasteiger partial charge in [-0.15, -0.1) is 0 Å². The summed E-state index contributed by atoms with van der Waals surface area (Å²) in [5, 5.41) is 10.6. The van der Waals surface area contributed by atoms with Crippen LogP contribution in [0.1, 0.15) is 155 Å². The van der Waals surface area contributed by atoms with Crippen molar-refractivity contribution in [3.8, 4) is 0 Å². The third-order valence-electron chi connectivity index (χ3n) is 6.51. The number of carbonyl (C=O) groups excluding carboxylic acids is 1. The number of nitrogens with zero attached hydrogens (tertiary/aromatic N) is 1. The summed E-state index contributed by atoms with van der Waals surface area (Å²) in [7, 11) is 0. The van der Waals surface area contributed by atoms with Gasteiger partial charge in [0.25, 0.3) is 0 Å². The maximum absolute atomic E-state index is 10.6. The second-order valence-corrected chi connectivity index (χ2v) is 9.68. The molecule has 4 heteroatoms. The molecule has 0 radical (unpaired) electrons. The maximum atomic E-state index is 10.6. The molecule has 0 aliphatic rings. The summed E-state index contributed by atoms with van der Waals surface area (Å²) in [6.45, 7) is 8.16. The second kappa shape index (κ2) is 29.5. The zero-order chi connectivity index (χ0) is 22.8. The number of carboxylic acid groups (broad SMARTS) is 1. The Morgan fingerprint density at radius 3 is 1.09 bits per heavy atom. The van der Waals surface area contributed by atoms with Gasteiger partial charge >= 0.3 is 29.6 Å². The third-order valence-corrected chi connectivity index (χ3v) is 6.51. The van der Waals surface area contributed by atoms with E-state index in [-0.39, 0.29) is 36.0 Å². The molecule has 0 aliphatic carbocycles. The van der Waals surface area contributed by atoms with E-state index in [2.05, 4.69) is 18.7 Å². The molecule has 3 nitrogen and oxygen atoms in total. The summed E-state index contributed by atoms with van der Waals surface area (Å²) in [6, 6.07) is 0. The SMILES string of the molecule is CCCCCCCCCCCN(CCCCCCCCCCC)CCCCCC(=O)[O-].[Na+]. The van der Waals surface area contributed by atoms with E-state index < -0.39 is 5.97 Å². The molecule has 32 heavy (non-hydrogen) atoms. The largest absolute Gasteiger partial charge is 1.00 e. The van der Waals surface area contributed by atoms with E-state index in [0.29, 0.717) is 0 Å². The molecule has 0 saturated carbocycles. The smallest absolute Gasteiger partial charge is 0.550 e. The summed E-state index contributed by atoms with van der Waals surface area (Å²) in [5.74, 6) is -0.902. The zero-order valence-corrected chi connectivity index (χ0v) is 24.4. The number of hydrogen-bond donors (Lipinski definition) is 0. The fourth-order valence-corrected chi connectivity index (χ4v) is 4.41. The number of aliphatic carboxylic acids is 1. The Kier molecular flexibility index (Phi) is 31.9. The molecule has 0 spiro atoms. The van der Waals surface area contributed by atoms with E-state index in [1.165, 1.54) is 129 Å². The molecule has 0 unspecified atom stereocenters. The molecular weight excluding hydrogens is 405 g/mol. The first kappa shape index (κ1) is 34.6. The molecule has 0 aromatic heterocycles. The maximum Gasteiger partial charge on any atom is 1.00 e. The molecule has 186 valence electrons. The first-order chi connectivity index (χ1) is 15.2. The van der Waals surface area contributed by atoms with E-state index in [0.717, 1.165) is 25.8 Å². The van der Waals surface area contributed by atoms with Crippen LogP contribution in [0.3, 0.4) is 0 Å². The molecule has 0 aromatic carbocycles. The van der Waals surface area contributed by atoms with Gasteiger partial charge in [-0.1, -0.05) is 123 Å². The van der Waals surface area contributed by atoms with Gasteiger partial charge in [-0.05, 0) is 51.7 Å². The van der Waals surface area contributed by atoms with Gasteiger partial charge in [-0.3, -0.25) is 0 Å². The summed E-state index contributed by atoms with van der Waals surface area (Å²) >= 11 is 0. The minimum Gasteiger partial charge on any atom is -0.550 e. The van der Waals surface area contributed by atoms with Crippen LogP contribution in [0.15, 0.2) is 0 Å². The molecule has 0 fully saturated rings. The van der Waals surface area contributed by atoms with E-state index in [4.69, 9.17) is 0 Å². The van der Waals surface area contributed by atoms with Gasteiger partial charge in [0.1, 0.15) is 0 Å². The molecular formula is C28H56NNaO2. The van der Waals surface area contributed by atoms with Crippen molar-refractivity contribution in [3.63, 3.8) is 0 Å². The van der Waals surface area contributed by atoms with Crippen molar-refractivity contribution in [2.45, 2.75) is 155 Å². The Labute approximate surface area is 224 Å². The fourth-order valence-electron chi connectivity index (χ4n) is 4.41. The monoisotopic (exact) mass is 461 g/mol. The molecule has 0 heterocycles. The molecule has 0 N–H and O–H groups in total. The van der Waals surface area contributed by atoms with Crippen molar-refractivity contribution in [1.29, 1.82) is 0 Å². The van der Waals surface area contributed by atoms with Crippen LogP contribution in [0, 0.1) is 0 Å². The Bertz CT molecular complexity index is 343. The molecule has 0 amide bonds. The Morgan fingerprint density at radius 2 is 0.781 bits per heavy atom. The number of unbranched alkanes of at least 4 members (excludes halogenated alkanes) is 18. The zero-order valence-electron chi connectivity index (χ0n) is 22.4. The van der Waals surface area contributed by atoms with Crippen LogP contribution in [0.2, 0.25) is 0 Å². The number of carboxylic acids is 1. The van der Waals surface area contributed by atoms with Crippen molar-refractivity contribution in [3.05, 3.63) is 0 Å². The topological polar surface area (TPSA) is 43.4 Å². The van der Waals surface area contributed by atoms with Crippen LogP contribution in [0.4, 0.5) is 0 Å². The van der Waals surface area contributed by atoms with Crippen LogP contribution in [-0.2, 0) is 4.79 Å². The van der Waals surface area contributed by atoms with Gasteiger partial charge < -0.3 is 14.8 Å². The standard InChI is InChI=1S/C28H57NO2.Na/c1-3-5-7-9-11-13-15-17-21-25-29(27-23-19-20-24-28(30)31)26-22-18-16-14-12-10-8-6-4-2;/h3-27H2,1-2H3,(H,30,31);/q;+1/p-1. The normalized spacial score (nSPS) is 11.1.